The van der Waals surface area contributed by atoms with Gasteiger partial charge in [0.1, 0.15) is 5.75 Å². The first-order valence-electron chi connectivity index (χ1n) is 11.1. The predicted octanol–water partition coefficient (Wildman–Crippen LogP) is 5.99. The molecule has 4 aromatic rings. The minimum absolute atomic E-state index is 0.143. The highest BCUT2D eigenvalue weighted by Gasteiger charge is 2.26. The Morgan fingerprint density at radius 3 is 2.47 bits per heavy atom. The third-order valence-electron chi connectivity index (χ3n) is 6.05. The summed E-state index contributed by atoms with van der Waals surface area (Å²) in [6, 6.07) is 14.1. The third-order valence-corrected chi connectivity index (χ3v) is 6.34. The molecule has 0 saturated carbocycles. The first kappa shape index (κ1) is 23.3. The standard InChI is InChI=1S/C27H20ClN3O5/c1-14-6-11-17(12-20(14)26(34)35)36-27-29-22-13-21(28)23(30-24(22)31-27)16-9-7-15(8-10-16)18-4-2-3-5-19(18)25(32)33/h2-13,18-19H,1H3,(H,32,33)(H,34,35)(H,29,30,31)/t18-,19?/m0/s1. The highest BCUT2D eigenvalue weighted by atomic mass is 35.5. The van der Waals surface area contributed by atoms with E-state index in [0.717, 1.165) is 11.1 Å². The zero-order chi connectivity index (χ0) is 25.4. The molecule has 0 bridgehead atoms. The van der Waals surface area contributed by atoms with Gasteiger partial charge in [-0.05, 0) is 36.2 Å². The Morgan fingerprint density at radius 2 is 1.75 bits per heavy atom. The van der Waals surface area contributed by atoms with E-state index in [-0.39, 0.29) is 17.5 Å². The summed E-state index contributed by atoms with van der Waals surface area (Å²) in [4.78, 5) is 35.0. The number of benzene rings is 2. The molecule has 2 aromatic heterocycles. The lowest BCUT2D eigenvalue weighted by molar-refractivity contribution is -0.140. The smallest absolute Gasteiger partial charge is 0.336 e. The topological polar surface area (TPSA) is 125 Å². The summed E-state index contributed by atoms with van der Waals surface area (Å²) in [5, 5.41) is 19.3. The fourth-order valence-electron chi connectivity index (χ4n) is 4.18. The van der Waals surface area contributed by atoms with Crippen LogP contribution >= 0.6 is 11.6 Å². The third kappa shape index (κ3) is 4.46. The average Bonchev–Trinajstić information content (AvgIpc) is 3.25. The summed E-state index contributed by atoms with van der Waals surface area (Å²) in [5.74, 6) is -2.48. The number of rotatable bonds is 6. The fraction of sp³-hybridized carbons (Fsp3) is 0.111. The molecule has 36 heavy (non-hydrogen) atoms. The number of allylic oxidation sites excluding steroid dienone is 3. The van der Waals surface area contributed by atoms with Crippen molar-refractivity contribution < 1.29 is 24.5 Å². The van der Waals surface area contributed by atoms with Gasteiger partial charge in [0.15, 0.2) is 5.65 Å². The molecule has 9 heteroatoms. The highest BCUT2D eigenvalue weighted by Crippen LogP contribution is 2.34. The number of ether oxygens (including phenoxy) is 1. The largest absolute Gasteiger partial charge is 0.481 e. The van der Waals surface area contributed by atoms with Gasteiger partial charge in [0.2, 0.25) is 0 Å². The van der Waals surface area contributed by atoms with E-state index in [2.05, 4.69) is 15.0 Å². The highest BCUT2D eigenvalue weighted by molar-refractivity contribution is 6.33. The first-order chi connectivity index (χ1) is 17.3. The van der Waals surface area contributed by atoms with Crippen molar-refractivity contribution in [2.45, 2.75) is 12.8 Å². The molecule has 5 rings (SSSR count). The number of aromatic amines is 1. The van der Waals surface area contributed by atoms with Gasteiger partial charge in [-0.2, -0.15) is 4.98 Å². The minimum atomic E-state index is -1.04. The molecule has 0 spiro atoms. The number of aryl methyl sites for hydroxylation is 1. The van der Waals surface area contributed by atoms with Crippen LogP contribution in [0.3, 0.4) is 0 Å². The molecule has 2 heterocycles. The number of aliphatic carboxylic acids is 1. The van der Waals surface area contributed by atoms with Gasteiger partial charge in [-0.25, -0.2) is 9.78 Å². The number of halogens is 1. The number of fused-ring (bicyclic) bond motifs is 1. The molecule has 1 aliphatic rings. The number of hydrogen-bond acceptors (Lipinski definition) is 5. The summed E-state index contributed by atoms with van der Waals surface area (Å²) in [5.41, 5.74) is 3.85. The molecule has 0 radical (unpaired) electrons. The van der Waals surface area contributed by atoms with Crippen LogP contribution in [0.15, 0.2) is 72.8 Å². The quantitative estimate of drug-likeness (QED) is 0.296. The van der Waals surface area contributed by atoms with Gasteiger partial charge < -0.3 is 19.9 Å². The molecule has 180 valence electrons. The Bertz CT molecular complexity index is 1560. The maximum absolute atomic E-state index is 11.6. The molecule has 1 unspecified atom stereocenters. The number of pyridine rings is 1. The molecule has 8 nitrogen and oxygen atoms in total. The second kappa shape index (κ2) is 9.31. The number of H-pyrrole nitrogens is 1. The van der Waals surface area contributed by atoms with E-state index < -0.39 is 17.9 Å². The summed E-state index contributed by atoms with van der Waals surface area (Å²) in [6.07, 6.45) is 7.16. The number of nitrogens with one attached hydrogen (secondary N) is 1. The summed E-state index contributed by atoms with van der Waals surface area (Å²) in [6.45, 7) is 1.71. The molecule has 0 amide bonds. The van der Waals surface area contributed by atoms with E-state index in [9.17, 15) is 19.8 Å². The average molecular weight is 502 g/mol. The van der Waals surface area contributed by atoms with Crippen LogP contribution in [0.4, 0.5) is 0 Å². The van der Waals surface area contributed by atoms with Crippen LogP contribution in [0, 0.1) is 12.8 Å². The number of carbonyl (C=O) groups is 2. The maximum atomic E-state index is 11.6. The molecule has 2 atom stereocenters. The van der Waals surface area contributed by atoms with Crippen molar-refractivity contribution >= 4 is 34.7 Å². The fourth-order valence-corrected chi connectivity index (χ4v) is 4.44. The second-order valence-electron chi connectivity index (χ2n) is 8.40. The number of carboxylic acids is 2. The Balaban J connectivity index is 1.42. The lowest BCUT2D eigenvalue weighted by Crippen LogP contribution is -2.20. The number of imidazole rings is 1. The summed E-state index contributed by atoms with van der Waals surface area (Å²) < 4.78 is 5.73. The van der Waals surface area contributed by atoms with Gasteiger partial charge in [-0.1, -0.05) is 66.2 Å². The van der Waals surface area contributed by atoms with Crippen molar-refractivity contribution in [1.29, 1.82) is 0 Å². The van der Waals surface area contributed by atoms with E-state index in [1.165, 1.54) is 6.07 Å². The van der Waals surface area contributed by atoms with Crippen molar-refractivity contribution in [2.75, 3.05) is 0 Å². The molecular weight excluding hydrogens is 482 g/mol. The van der Waals surface area contributed by atoms with Crippen LogP contribution in [0.1, 0.15) is 27.4 Å². The van der Waals surface area contributed by atoms with Crippen molar-refractivity contribution in [2.24, 2.45) is 5.92 Å². The Morgan fingerprint density at radius 1 is 1.00 bits per heavy atom. The second-order valence-corrected chi connectivity index (χ2v) is 8.80. The normalized spacial score (nSPS) is 16.8. The van der Waals surface area contributed by atoms with E-state index in [1.54, 1.807) is 37.3 Å². The first-order valence-corrected chi connectivity index (χ1v) is 11.4. The van der Waals surface area contributed by atoms with Crippen molar-refractivity contribution in [3.8, 4) is 23.0 Å². The number of hydrogen-bond donors (Lipinski definition) is 3. The van der Waals surface area contributed by atoms with Crippen LogP contribution in [0.5, 0.6) is 11.8 Å². The zero-order valence-corrected chi connectivity index (χ0v) is 19.7. The molecular formula is C27H20ClN3O5. The lowest BCUT2D eigenvalue weighted by atomic mass is 9.83. The minimum Gasteiger partial charge on any atom is -0.481 e. The Kier molecular flexibility index (Phi) is 6.03. The van der Waals surface area contributed by atoms with E-state index in [1.807, 2.05) is 36.4 Å². The van der Waals surface area contributed by atoms with Crippen LogP contribution in [-0.2, 0) is 4.79 Å². The Labute approximate surface area is 210 Å². The SMILES string of the molecule is Cc1ccc(Oc2nc3nc(-c4ccc([C@@H]5C=CC=CC5C(=O)O)cc4)c(Cl)cc3[nH]2)cc1C(=O)O. The van der Waals surface area contributed by atoms with Gasteiger partial charge in [0.05, 0.1) is 27.7 Å². The number of aromatic nitrogens is 3. The van der Waals surface area contributed by atoms with Gasteiger partial charge in [0, 0.05) is 11.5 Å². The van der Waals surface area contributed by atoms with Gasteiger partial charge in [-0.3, -0.25) is 4.79 Å². The molecule has 1 aliphatic carbocycles. The predicted molar refractivity (Wildman–Crippen MR) is 135 cm³/mol. The maximum Gasteiger partial charge on any atom is 0.336 e. The molecule has 0 aliphatic heterocycles. The van der Waals surface area contributed by atoms with Crippen LogP contribution < -0.4 is 4.74 Å². The molecule has 0 fully saturated rings. The number of carboxylic acid groups (broad SMARTS) is 2. The van der Waals surface area contributed by atoms with Gasteiger partial charge in [0.25, 0.3) is 0 Å². The van der Waals surface area contributed by atoms with Crippen molar-refractivity contribution in [3.05, 3.63) is 94.5 Å². The number of aromatic carboxylic acids is 1. The summed E-state index contributed by atoms with van der Waals surface area (Å²) >= 11 is 6.52. The molecule has 0 saturated heterocycles. The van der Waals surface area contributed by atoms with Crippen molar-refractivity contribution in [3.63, 3.8) is 0 Å². The van der Waals surface area contributed by atoms with Crippen LogP contribution in [0.25, 0.3) is 22.4 Å². The van der Waals surface area contributed by atoms with E-state index in [0.29, 0.717) is 33.2 Å². The zero-order valence-electron chi connectivity index (χ0n) is 19.0. The van der Waals surface area contributed by atoms with Crippen LogP contribution in [0.2, 0.25) is 5.02 Å². The van der Waals surface area contributed by atoms with Crippen molar-refractivity contribution in [1.82, 2.24) is 15.0 Å². The van der Waals surface area contributed by atoms with E-state index >= 15 is 0 Å². The molecule has 3 N–H and O–H groups in total. The van der Waals surface area contributed by atoms with Crippen LogP contribution in [-0.4, -0.2) is 37.1 Å². The monoisotopic (exact) mass is 501 g/mol. The van der Waals surface area contributed by atoms with Gasteiger partial charge in [-0.15, -0.1) is 0 Å². The lowest BCUT2D eigenvalue weighted by Gasteiger charge is -2.21. The van der Waals surface area contributed by atoms with Gasteiger partial charge >= 0.3 is 17.9 Å². The number of nitrogens with zero attached hydrogens (tertiary/aromatic N) is 2. The summed E-state index contributed by atoms with van der Waals surface area (Å²) in [7, 11) is 0. The Hall–Kier alpha value is -4.43. The molecule has 2 aromatic carbocycles. The van der Waals surface area contributed by atoms with E-state index in [4.69, 9.17) is 16.3 Å².